The molecule has 1 aromatic carbocycles. The Morgan fingerprint density at radius 2 is 1.96 bits per heavy atom. The van der Waals surface area contributed by atoms with Gasteiger partial charge >= 0.3 is 0 Å². The lowest BCUT2D eigenvalue weighted by Gasteiger charge is -2.13. The average Bonchev–Trinajstić information content (AvgIpc) is 2.64. The topological polar surface area (TPSA) is 136 Å². The number of aromatic nitrogens is 1. The Bertz CT molecular complexity index is 721. The van der Waals surface area contributed by atoms with Crippen LogP contribution in [-0.2, 0) is 29.4 Å². The van der Waals surface area contributed by atoms with Crippen LogP contribution in [-0.4, -0.2) is 28.3 Å². The number of nitrogens with zero attached hydrogens (tertiary/aromatic N) is 1. The van der Waals surface area contributed by atoms with Crippen molar-refractivity contribution in [1.82, 2.24) is 10.5 Å². The fourth-order valence-corrected chi connectivity index (χ4v) is 2.17. The lowest BCUT2D eigenvalue weighted by molar-refractivity contribution is 0.0694. The lowest BCUT2D eigenvalue weighted by Crippen LogP contribution is -2.21. The highest BCUT2D eigenvalue weighted by Gasteiger charge is 2.19. The fraction of sp³-hybridized carbons (Fsp3) is 0.250. The second kappa shape index (κ2) is 8.94. The van der Waals surface area contributed by atoms with Gasteiger partial charge in [0.05, 0.1) is 26.9 Å². The summed E-state index contributed by atoms with van der Waals surface area (Å²) in [5.74, 6) is 4.45. The highest BCUT2D eigenvalue weighted by molar-refractivity contribution is 5.94. The third-order valence-electron chi connectivity index (χ3n) is 3.48. The summed E-state index contributed by atoms with van der Waals surface area (Å²) in [6.45, 7) is 0.292. The molecule has 9 nitrogen and oxygen atoms in total. The van der Waals surface area contributed by atoms with Gasteiger partial charge in [-0.2, -0.15) is 0 Å². The summed E-state index contributed by atoms with van der Waals surface area (Å²) < 4.78 is 10.7. The maximum absolute atomic E-state index is 11.5. The molecule has 1 heterocycles. The first-order chi connectivity index (χ1) is 12.1. The van der Waals surface area contributed by atoms with Crippen molar-refractivity contribution in [2.45, 2.75) is 19.8 Å². The van der Waals surface area contributed by atoms with E-state index in [0.29, 0.717) is 12.2 Å². The monoisotopic (exact) mass is 349 g/mol. The van der Waals surface area contributed by atoms with Crippen molar-refractivity contribution in [1.29, 1.82) is 0 Å². The number of nitrogens with one attached hydrogen (secondary N) is 1. The van der Waals surface area contributed by atoms with E-state index < -0.39 is 11.7 Å². The van der Waals surface area contributed by atoms with E-state index in [1.165, 1.54) is 11.7 Å². The van der Waals surface area contributed by atoms with Crippen LogP contribution in [0.2, 0.25) is 0 Å². The molecular formula is C16H19N3O6. The molecule has 0 saturated heterocycles. The first kappa shape index (κ1) is 18.6. The third kappa shape index (κ3) is 4.64. The Hall–Kier alpha value is -2.72. The zero-order valence-corrected chi connectivity index (χ0v) is 13.6. The minimum atomic E-state index is -0.943. The Kier molecular flexibility index (Phi) is 6.66. The van der Waals surface area contributed by atoms with Gasteiger partial charge in [-0.1, -0.05) is 12.1 Å². The van der Waals surface area contributed by atoms with E-state index >= 15 is 0 Å². The van der Waals surface area contributed by atoms with Crippen molar-refractivity contribution < 1.29 is 29.4 Å². The van der Waals surface area contributed by atoms with E-state index in [2.05, 4.69) is 9.82 Å². The molecule has 5 N–H and O–H groups in total. The molecular weight excluding hydrogens is 330 g/mol. The first-order valence-electron chi connectivity index (χ1n) is 7.27. The molecule has 0 aliphatic heterocycles. The van der Waals surface area contributed by atoms with Gasteiger partial charge in [0, 0.05) is 17.3 Å². The van der Waals surface area contributed by atoms with Crippen molar-refractivity contribution in [3.8, 4) is 11.5 Å². The maximum atomic E-state index is 11.5. The third-order valence-corrected chi connectivity index (χ3v) is 3.48. The molecule has 0 bridgehead atoms. The second-order valence-corrected chi connectivity index (χ2v) is 5.05. The Balaban J connectivity index is 2.09. The molecule has 1 aromatic heterocycles. The summed E-state index contributed by atoms with van der Waals surface area (Å²) in [5.41, 5.74) is 2.77. The van der Waals surface area contributed by atoms with Crippen molar-refractivity contribution in [2.75, 3.05) is 7.11 Å². The molecule has 1 amide bonds. The highest BCUT2D eigenvalue weighted by Crippen LogP contribution is 2.26. The van der Waals surface area contributed by atoms with Crippen LogP contribution >= 0.6 is 0 Å². The smallest absolute Gasteiger partial charge is 0.297 e. The highest BCUT2D eigenvalue weighted by atomic mass is 16.6. The van der Waals surface area contributed by atoms with E-state index in [9.17, 15) is 9.90 Å². The van der Waals surface area contributed by atoms with Crippen molar-refractivity contribution in [3.05, 3.63) is 52.8 Å². The van der Waals surface area contributed by atoms with Gasteiger partial charge in [0.25, 0.3) is 5.91 Å². The second-order valence-electron chi connectivity index (χ2n) is 5.05. The number of amides is 1. The predicted molar refractivity (Wildman–Crippen MR) is 85.6 cm³/mol. The van der Waals surface area contributed by atoms with Gasteiger partial charge in [0.15, 0.2) is 11.4 Å². The van der Waals surface area contributed by atoms with Gasteiger partial charge in [-0.05, 0) is 17.7 Å². The molecule has 0 saturated carbocycles. The largest absolute Gasteiger partial charge is 0.505 e. The number of benzene rings is 1. The quantitative estimate of drug-likeness (QED) is 0.410. The van der Waals surface area contributed by atoms with E-state index in [1.807, 2.05) is 24.3 Å². The van der Waals surface area contributed by atoms with Crippen LogP contribution < -0.4 is 16.1 Å². The number of carbonyl (C=O) groups excluding carboxylic acids is 1. The minimum absolute atomic E-state index is 0.117. The number of pyridine rings is 1. The molecule has 134 valence electrons. The van der Waals surface area contributed by atoms with Crippen LogP contribution in [0.15, 0.2) is 30.5 Å². The standard InChI is InChI=1S/C16H19N3O6/c1-23-12-4-2-10(3-5-12)7-24-8-11-6-18-14(16(21)19-22)15(20)13(11)9-25-17/h2-6,20,22H,7-9,17H2,1H3,(H,19,21). The molecule has 0 unspecified atom stereocenters. The number of hydroxylamine groups is 1. The minimum Gasteiger partial charge on any atom is -0.505 e. The molecule has 0 radical (unpaired) electrons. The zero-order chi connectivity index (χ0) is 18.2. The van der Waals surface area contributed by atoms with E-state index in [0.717, 1.165) is 11.3 Å². The first-order valence-corrected chi connectivity index (χ1v) is 7.27. The predicted octanol–water partition coefficient (Wildman–Crippen LogP) is 1.02. The Labute approximate surface area is 143 Å². The zero-order valence-electron chi connectivity index (χ0n) is 13.6. The molecule has 0 spiro atoms. The van der Waals surface area contributed by atoms with Crippen LogP contribution in [0.3, 0.4) is 0 Å². The molecule has 0 atom stereocenters. The van der Waals surface area contributed by atoms with Crippen LogP contribution in [0.25, 0.3) is 0 Å². The van der Waals surface area contributed by atoms with Gasteiger partial charge < -0.3 is 14.6 Å². The van der Waals surface area contributed by atoms with Crippen molar-refractivity contribution in [2.24, 2.45) is 5.90 Å². The summed E-state index contributed by atoms with van der Waals surface area (Å²) in [7, 11) is 1.59. The number of carbonyl (C=O) groups is 1. The summed E-state index contributed by atoms with van der Waals surface area (Å²) >= 11 is 0. The van der Waals surface area contributed by atoms with Gasteiger partial charge in [-0.15, -0.1) is 0 Å². The summed E-state index contributed by atoms with van der Waals surface area (Å²) in [6.07, 6.45) is 1.35. The van der Waals surface area contributed by atoms with Crippen LogP contribution in [0.4, 0.5) is 0 Å². The van der Waals surface area contributed by atoms with Crippen LogP contribution in [0.1, 0.15) is 27.2 Å². The number of hydrogen-bond acceptors (Lipinski definition) is 8. The maximum Gasteiger partial charge on any atom is 0.297 e. The summed E-state index contributed by atoms with van der Waals surface area (Å²) in [4.78, 5) is 19.8. The number of aromatic hydroxyl groups is 1. The van der Waals surface area contributed by atoms with E-state index in [-0.39, 0.29) is 24.5 Å². The number of nitrogens with two attached hydrogens (primary N) is 1. The van der Waals surface area contributed by atoms with E-state index in [4.69, 9.17) is 20.6 Å². The number of methoxy groups -OCH3 is 1. The molecule has 2 aromatic rings. The van der Waals surface area contributed by atoms with Gasteiger partial charge in [-0.25, -0.2) is 16.4 Å². The molecule has 2 rings (SSSR count). The lowest BCUT2D eigenvalue weighted by atomic mass is 10.1. The molecule has 0 fully saturated rings. The number of hydrogen-bond donors (Lipinski definition) is 4. The normalized spacial score (nSPS) is 10.5. The van der Waals surface area contributed by atoms with E-state index in [1.54, 1.807) is 7.11 Å². The average molecular weight is 349 g/mol. The van der Waals surface area contributed by atoms with Gasteiger partial charge in [-0.3, -0.25) is 14.8 Å². The summed E-state index contributed by atoms with van der Waals surface area (Å²) in [6, 6.07) is 7.38. The Morgan fingerprint density at radius 3 is 2.56 bits per heavy atom. The fourth-order valence-electron chi connectivity index (χ4n) is 2.17. The molecule has 0 aliphatic carbocycles. The van der Waals surface area contributed by atoms with Crippen LogP contribution in [0.5, 0.6) is 11.5 Å². The van der Waals surface area contributed by atoms with Crippen LogP contribution in [0, 0.1) is 0 Å². The van der Waals surface area contributed by atoms with Gasteiger partial charge in [0.1, 0.15) is 5.75 Å². The molecule has 25 heavy (non-hydrogen) atoms. The van der Waals surface area contributed by atoms with Gasteiger partial charge in [0.2, 0.25) is 0 Å². The molecule has 9 heteroatoms. The number of ether oxygens (including phenoxy) is 2. The SMILES string of the molecule is COc1ccc(COCc2cnc(C(=O)NO)c(O)c2CON)cc1. The number of rotatable bonds is 8. The van der Waals surface area contributed by atoms with Crippen molar-refractivity contribution >= 4 is 5.91 Å². The Morgan fingerprint density at radius 1 is 1.24 bits per heavy atom. The van der Waals surface area contributed by atoms with Crippen molar-refractivity contribution in [3.63, 3.8) is 0 Å². The molecule has 0 aliphatic rings. The summed E-state index contributed by atoms with van der Waals surface area (Å²) in [5, 5.41) is 18.8.